The molecule has 168 valence electrons. The van der Waals surface area contributed by atoms with Crippen LogP contribution in [-0.2, 0) is 18.8 Å². The first kappa shape index (κ1) is 25.6. The van der Waals surface area contributed by atoms with Crippen molar-refractivity contribution in [1.29, 1.82) is 0 Å². The summed E-state index contributed by atoms with van der Waals surface area (Å²) in [6, 6.07) is 0. The molecule has 0 aromatic rings. The van der Waals surface area contributed by atoms with Gasteiger partial charge in [0.2, 0.25) is 0 Å². The van der Waals surface area contributed by atoms with Crippen LogP contribution in [0.3, 0.4) is 0 Å². The van der Waals surface area contributed by atoms with Crippen molar-refractivity contribution in [3.8, 4) is 0 Å². The van der Waals surface area contributed by atoms with E-state index in [-0.39, 0.29) is 61.8 Å². The van der Waals surface area contributed by atoms with Gasteiger partial charge in [-0.1, -0.05) is 41.5 Å². The molecule has 1 heterocycles. The smallest absolute Gasteiger partial charge is 0.407 e. The van der Waals surface area contributed by atoms with Crippen molar-refractivity contribution < 1.29 is 28.7 Å². The molecule has 8 heteroatoms. The summed E-state index contributed by atoms with van der Waals surface area (Å²) >= 11 is 0. The van der Waals surface area contributed by atoms with Crippen LogP contribution in [0.4, 0.5) is 4.79 Å². The lowest BCUT2D eigenvalue weighted by Gasteiger charge is -2.39. The third-order valence-electron chi connectivity index (χ3n) is 6.00. The van der Waals surface area contributed by atoms with Gasteiger partial charge in [0.15, 0.2) is 14.1 Å². The number of rotatable bonds is 7. The highest BCUT2D eigenvalue weighted by atomic mass is 28.4. The molecule has 1 aliphatic heterocycles. The monoisotopic (exact) mass is 429 g/mol. The van der Waals surface area contributed by atoms with E-state index in [1.165, 1.54) is 4.90 Å². The molecule has 7 nitrogen and oxygen atoms in total. The second-order valence-corrected chi connectivity index (χ2v) is 15.8. The zero-order valence-corrected chi connectivity index (χ0v) is 20.4. The number of hydrogen-bond donors (Lipinski definition) is 1. The lowest BCUT2D eigenvalue weighted by molar-refractivity contribution is -0.164. The Morgan fingerprint density at radius 2 is 1.55 bits per heavy atom. The molecule has 1 N–H and O–H groups in total. The minimum absolute atomic E-state index is 0.0105. The fourth-order valence-electron chi connectivity index (χ4n) is 2.92. The lowest BCUT2D eigenvalue weighted by Crippen LogP contribution is -2.49. The van der Waals surface area contributed by atoms with Gasteiger partial charge in [-0.3, -0.25) is 9.59 Å². The van der Waals surface area contributed by atoms with E-state index in [4.69, 9.17) is 9.16 Å². The van der Waals surface area contributed by atoms with E-state index in [0.29, 0.717) is 0 Å². The first-order valence-corrected chi connectivity index (χ1v) is 13.2. The van der Waals surface area contributed by atoms with Gasteiger partial charge in [-0.15, -0.1) is 0 Å². The van der Waals surface area contributed by atoms with E-state index in [1.54, 1.807) is 0 Å². The SMILES string of the molecule is CC(C)(C)COC(=O)C1(CC(=O)CO[Si](C)(C)C(C)(C)C)CCN(C(=O)O)CC1. The van der Waals surface area contributed by atoms with Crippen molar-refractivity contribution in [1.82, 2.24) is 4.90 Å². The van der Waals surface area contributed by atoms with Crippen LogP contribution >= 0.6 is 0 Å². The lowest BCUT2D eigenvalue weighted by atomic mass is 9.74. The number of esters is 1. The first-order valence-electron chi connectivity index (χ1n) is 10.3. The molecule has 1 amide bonds. The van der Waals surface area contributed by atoms with Crippen LogP contribution in [0.2, 0.25) is 18.1 Å². The number of hydrogen-bond acceptors (Lipinski definition) is 5. The van der Waals surface area contributed by atoms with Gasteiger partial charge < -0.3 is 19.2 Å². The largest absolute Gasteiger partial charge is 0.465 e. The number of nitrogens with zero attached hydrogens (tertiary/aromatic N) is 1. The maximum atomic E-state index is 13.0. The van der Waals surface area contributed by atoms with Gasteiger partial charge in [-0.05, 0) is 36.4 Å². The molecule has 0 atom stereocenters. The number of carbonyl (C=O) groups is 3. The van der Waals surface area contributed by atoms with E-state index in [1.807, 2.05) is 20.8 Å². The molecule has 0 saturated carbocycles. The molecular formula is C21H39NO6Si. The molecule has 1 aliphatic rings. The zero-order chi connectivity index (χ0) is 22.7. The van der Waals surface area contributed by atoms with Crippen LogP contribution in [0, 0.1) is 10.8 Å². The molecule has 0 spiro atoms. The second-order valence-electron chi connectivity index (χ2n) is 11.0. The van der Waals surface area contributed by atoms with Crippen LogP contribution in [0.15, 0.2) is 0 Å². The average molecular weight is 430 g/mol. The predicted molar refractivity (Wildman–Crippen MR) is 114 cm³/mol. The van der Waals surface area contributed by atoms with Crippen LogP contribution in [0.5, 0.6) is 0 Å². The number of ketones is 1. The maximum Gasteiger partial charge on any atom is 0.407 e. The molecule has 29 heavy (non-hydrogen) atoms. The standard InChI is InChI=1S/C21H39NO6Si/c1-19(2,3)15-27-17(24)21(9-11-22(12-10-21)18(25)26)13-16(23)14-28-29(7,8)20(4,5)6/h9-15H2,1-8H3,(H,25,26). The van der Waals surface area contributed by atoms with Crippen LogP contribution in [0.25, 0.3) is 0 Å². The fourth-order valence-corrected chi connectivity index (χ4v) is 3.87. The summed E-state index contributed by atoms with van der Waals surface area (Å²) in [4.78, 5) is 38.3. The number of carboxylic acid groups (broad SMARTS) is 1. The minimum atomic E-state index is -2.07. The number of carbonyl (C=O) groups excluding carboxylic acids is 2. The third-order valence-corrected chi connectivity index (χ3v) is 10.5. The Bertz CT molecular complexity index is 610. The Hall–Kier alpha value is -1.41. The summed E-state index contributed by atoms with van der Waals surface area (Å²) in [5, 5.41) is 9.21. The van der Waals surface area contributed by atoms with Gasteiger partial charge in [-0.2, -0.15) is 0 Å². The predicted octanol–water partition coefficient (Wildman–Crippen LogP) is 4.32. The molecule has 1 saturated heterocycles. The molecular weight excluding hydrogens is 390 g/mol. The number of likely N-dealkylation sites (tertiary alicyclic amines) is 1. The van der Waals surface area contributed by atoms with Gasteiger partial charge in [0.1, 0.15) is 0 Å². The summed E-state index contributed by atoms with van der Waals surface area (Å²) in [5.74, 6) is -0.538. The van der Waals surface area contributed by atoms with E-state index in [0.717, 1.165) is 0 Å². The molecule has 0 aromatic carbocycles. The van der Waals surface area contributed by atoms with Crippen LogP contribution < -0.4 is 0 Å². The number of amides is 1. The molecule has 0 aromatic heterocycles. The van der Waals surface area contributed by atoms with Gasteiger partial charge in [0, 0.05) is 19.5 Å². The Morgan fingerprint density at radius 1 is 1.03 bits per heavy atom. The summed E-state index contributed by atoms with van der Waals surface area (Å²) in [5.41, 5.74) is -1.17. The topological polar surface area (TPSA) is 93.1 Å². The van der Waals surface area contributed by atoms with Gasteiger partial charge in [0.25, 0.3) is 0 Å². The van der Waals surface area contributed by atoms with Crippen molar-refractivity contribution in [2.24, 2.45) is 10.8 Å². The minimum Gasteiger partial charge on any atom is -0.465 e. The highest BCUT2D eigenvalue weighted by Crippen LogP contribution is 2.39. The third kappa shape index (κ3) is 7.41. The number of Topliss-reactive ketones (excluding diaryl/α,β-unsaturated/α-hetero) is 1. The second kappa shape index (κ2) is 9.16. The number of ether oxygens (including phenoxy) is 1. The summed E-state index contributed by atoms with van der Waals surface area (Å²) in [6.45, 7) is 17.1. The zero-order valence-electron chi connectivity index (χ0n) is 19.4. The first-order chi connectivity index (χ1) is 13.0. The highest BCUT2D eigenvalue weighted by Gasteiger charge is 2.46. The van der Waals surface area contributed by atoms with Gasteiger partial charge in [-0.25, -0.2) is 4.79 Å². The van der Waals surface area contributed by atoms with Crippen LogP contribution in [-0.4, -0.2) is 62.5 Å². The molecule has 0 bridgehead atoms. The molecule has 1 fully saturated rings. The Kier molecular flexibility index (Phi) is 8.10. The molecule has 0 unspecified atom stereocenters. The Labute approximate surface area is 176 Å². The molecule has 0 aliphatic carbocycles. The Balaban J connectivity index is 2.88. The maximum absolute atomic E-state index is 13.0. The molecule has 0 radical (unpaired) electrons. The van der Waals surface area contributed by atoms with E-state index >= 15 is 0 Å². The van der Waals surface area contributed by atoms with Crippen molar-refractivity contribution in [3.63, 3.8) is 0 Å². The van der Waals surface area contributed by atoms with Gasteiger partial charge in [0.05, 0.1) is 18.6 Å². The van der Waals surface area contributed by atoms with Crippen molar-refractivity contribution in [3.05, 3.63) is 0 Å². The van der Waals surface area contributed by atoms with E-state index in [9.17, 15) is 19.5 Å². The number of piperidine rings is 1. The average Bonchev–Trinajstić information content (AvgIpc) is 2.56. The van der Waals surface area contributed by atoms with Crippen molar-refractivity contribution in [2.75, 3.05) is 26.3 Å². The summed E-state index contributed by atoms with van der Waals surface area (Å²) < 4.78 is 11.6. The van der Waals surface area contributed by atoms with E-state index < -0.39 is 25.8 Å². The van der Waals surface area contributed by atoms with Crippen molar-refractivity contribution >= 4 is 26.2 Å². The van der Waals surface area contributed by atoms with Crippen molar-refractivity contribution in [2.45, 2.75) is 78.9 Å². The summed E-state index contributed by atoms with van der Waals surface area (Å²) in [6.07, 6.45) is -0.408. The van der Waals surface area contributed by atoms with E-state index in [2.05, 4.69) is 33.9 Å². The fraction of sp³-hybridized carbons (Fsp3) is 0.857. The van der Waals surface area contributed by atoms with Gasteiger partial charge >= 0.3 is 12.1 Å². The highest BCUT2D eigenvalue weighted by molar-refractivity contribution is 6.74. The van der Waals surface area contributed by atoms with Crippen LogP contribution in [0.1, 0.15) is 60.8 Å². The Morgan fingerprint density at radius 3 is 1.97 bits per heavy atom. The quantitative estimate of drug-likeness (QED) is 0.479. The summed E-state index contributed by atoms with van der Waals surface area (Å²) in [7, 11) is -2.07. The normalized spacial score (nSPS) is 17.7. The molecule has 1 rings (SSSR count).